The average Bonchev–Trinajstić information content (AvgIpc) is 3.31. The van der Waals surface area contributed by atoms with Crippen LogP contribution in [0.3, 0.4) is 0 Å². The van der Waals surface area contributed by atoms with Crippen molar-refractivity contribution in [1.82, 2.24) is 15.0 Å². The normalized spacial score (nSPS) is 15.6. The molecular formula is C55H39N3. The summed E-state index contributed by atoms with van der Waals surface area (Å²) in [5, 5.41) is 2.47. The molecule has 3 aliphatic carbocycles. The molecule has 0 N–H and O–H groups in total. The lowest BCUT2D eigenvalue weighted by Gasteiger charge is -2.32. The minimum Gasteiger partial charge on any atom is -0.264 e. The minimum atomic E-state index is 0.347. The van der Waals surface area contributed by atoms with Crippen molar-refractivity contribution in [3.05, 3.63) is 222 Å². The van der Waals surface area contributed by atoms with Crippen LogP contribution >= 0.6 is 0 Å². The number of rotatable bonds is 6. The van der Waals surface area contributed by atoms with Crippen molar-refractivity contribution >= 4 is 33.1 Å². The van der Waals surface area contributed by atoms with E-state index in [9.17, 15) is 0 Å². The second-order valence-electron chi connectivity index (χ2n) is 15.5. The number of aromatic nitrogens is 3. The maximum Gasteiger partial charge on any atom is 0.160 e. The number of fused-ring (bicyclic) bond motifs is 7. The van der Waals surface area contributed by atoms with E-state index in [-0.39, 0.29) is 0 Å². The first-order valence-corrected chi connectivity index (χ1v) is 20.2. The number of hydrogen-bond donors (Lipinski definition) is 0. The average molecular weight is 742 g/mol. The molecule has 11 rings (SSSR count). The van der Waals surface area contributed by atoms with Gasteiger partial charge in [-0.2, -0.15) is 0 Å². The highest BCUT2D eigenvalue weighted by Crippen LogP contribution is 2.51. The Kier molecular flexibility index (Phi) is 8.44. The van der Waals surface area contributed by atoms with E-state index in [2.05, 4.69) is 181 Å². The van der Waals surface area contributed by atoms with Gasteiger partial charge in [-0.05, 0) is 133 Å². The maximum atomic E-state index is 5.33. The van der Waals surface area contributed by atoms with Gasteiger partial charge in [0.2, 0.25) is 0 Å². The first-order valence-electron chi connectivity index (χ1n) is 20.2. The summed E-state index contributed by atoms with van der Waals surface area (Å²) in [4.78, 5) is 15.1. The molecule has 0 bridgehead atoms. The van der Waals surface area contributed by atoms with E-state index < -0.39 is 0 Å². The predicted molar refractivity (Wildman–Crippen MR) is 240 cm³/mol. The molecule has 2 heterocycles. The number of pyridine rings is 1. The van der Waals surface area contributed by atoms with Gasteiger partial charge < -0.3 is 0 Å². The summed E-state index contributed by atoms with van der Waals surface area (Å²) in [7, 11) is 0. The topological polar surface area (TPSA) is 38.7 Å². The van der Waals surface area contributed by atoms with E-state index in [0.29, 0.717) is 11.7 Å². The zero-order valence-electron chi connectivity index (χ0n) is 32.0. The second kappa shape index (κ2) is 14.4. The summed E-state index contributed by atoms with van der Waals surface area (Å²) in [6.07, 6.45) is 16.1. The van der Waals surface area contributed by atoms with Crippen LogP contribution in [0, 0.1) is 0 Å². The van der Waals surface area contributed by atoms with Crippen LogP contribution in [0.4, 0.5) is 0 Å². The number of allylic oxidation sites excluding steroid dienone is 8. The van der Waals surface area contributed by atoms with E-state index in [1.807, 2.05) is 18.5 Å². The van der Waals surface area contributed by atoms with Crippen molar-refractivity contribution in [3.8, 4) is 44.9 Å². The molecule has 3 aliphatic rings. The van der Waals surface area contributed by atoms with Crippen molar-refractivity contribution in [2.75, 3.05) is 0 Å². The predicted octanol–water partition coefficient (Wildman–Crippen LogP) is 13.9. The van der Waals surface area contributed by atoms with Gasteiger partial charge in [-0.15, -0.1) is 0 Å². The van der Waals surface area contributed by atoms with Crippen LogP contribution in [0.15, 0.2) is 194 Å². The monoisotopic (exact) mass is 741 g/mol. The van der Waals surface area contributed by atoms with Gasteiger partial charge >= 0.3 is 0 Å². The van der Waals surface area contributed by atoms with Crippen LogP contribution in [0.25, 0.3) is 78.0 Å². The summed E-state index contributed by atoms with van der Waals surface area (Å²) in [5.74, 6) is 1.06. The molecule has 3 heteroatoms. The molecule has 0 saturated heterocycles. The Morgan fingerprint density at radius 1 is 0.466 bits per heavy atom. The van der Waals surface area contributed by atoms with Crippen LogP contribution in [-0.2, 0) is 0 Å². The first kappa shape index (κ1) is 34.1. The number of hydrogen-bond acceptors (Lipinski definition) is 3. The van der Waals surface area contributed by atoms with Crippen molar-refractivity contribution in [3.63, 3.8) is 0 Å². The third kappa shape index (κ3) is 6.22. The van der Waals surface area contributed by atoms with Crippen LogP contribution < -0.4 is 0 Å². The fraction of sp³-hybridized carbons (Fsp3) is 0.0727. The fourth-order valence-corrected chi connectivity index (χ4v) is 9.07. The Morgan fingerprint density at radius 2 is 1.19 bits per heavy atom. The Bertz CT molecular complexity index is 3040. The largest absolute Gasteiger partial charge is 0.264 e. The van der Waals surface area contributed by atoms with E-state index in [1.165, 1.54) is 60.9 Å². The molecule has 1 unspecified atom stereocenters. The lowest BCUT2D eigenvalue weighted by molar-refractivity contribution is 0.871. The number of nitrogens with zero attached hydrogens (tertiary/aromatic N) is 3. The molecule has 0 fully saturated rings. The molecule has 6 aromatic carbocycles. The van der Waals surface area contributed by atoms with Crippen molar-refractivity contribution in [2.24, 2.45) is 0 Å². The van der Waals surface area contributed by atoms with Gasteiger partial charge in [-0.1, -0.05) is 146 Å². The van der Waals surface area contributed by atoms with Gasteiger partial charge in [0.25, 0.3) is 0 Å². The Morgan fingerprint density at radius 3 is 2.09 bits per heavy atom. The van der Waals surface area contributed by atoms with Crippen molar-refractivity contribution < 1.29 is 0 Å². The van der Waals surface area contributed by atoms with E-state index in [4.69, 9.17) is 9.97 Å². The highest BCUT2D eigenvalue weighted by atomic mass is 14.9. The highest BCUT2D eigenvalue weighted by molar-refractivity contribution is 5.97. The van der Waals surface area contributed by atoms with Crippen LogP contribution in [-0.4, -0.2) is 15.0 Å². The molecule has 1 atom stereocenters. The van der Waals surface area contributed by atoms with E-state index in [0.717, 1.165) is 58.5 Å². The summed E-state index contributed by atoms with van der Waals surface area (Å²) < 4.78 is 0. The fourth-order valence-electron chi connectivity index (χ4n) is 9.07. The lowest BCUT2D eigenvalue weighted by Crippen LogP contribution is -2.12. The van der Waals surface area contributed by atoms with Gasteiger partial charge in [0, 0.05) is 29.4 Å². The molecule has 0 radical (unpaired) electrons. The Labute approximate surface area is 339 Å². The molecule has 274 valence electrons. The van der Waals surface area contributed by atoms with Gasteiger partial charge in [0.1, 0.15) is 0 Å². The van der Waals surface area contributed by atoms with Crippen LogP contribution in [0.5, 0.6) is 0 Å². The van der Waals surface area contributed by atoms with Gasteiger partial charge in [0.05, 0.1) is 11.4 Å². The third-order valence-electron chi connectivity index (χ3n) is 12.0. The molecule has 0 aliphatic heterocycles. The van der Waals surface area contributed by atoms with Crippen LogP contribution in [0.1, 0.15) is 53.1 Å². The molecular weight excluding hydrogens is 703 g/mol. The zero-order chi connectivity index (χ0) is 38.4. The standard InChI is InChI=1S/C55H39N3/c1-2-12-37-29-41(25-24-36(37)11-1)38-13-7-16-43(30-38)53-34-54(44-17-8-15-40(31-44)46-19-10-28-56-35-46)58-55(57-53)45-18-9-14-39(32-45)42-26-27-51-49-22-4-3-20-47(49)48-21-5-6-23-50(48)52(51)33-42/h1-7,9-14,16-26,28-35,51H,8,15,27H2. The molecule has 58 heavy (non-hydrogen) atoms. The summed E-state index contributed by atoms with van der Waals surface area (Å²) >= 11 is 0. The molecule has 0 spiro atoms. The highest BCUT2D eigenvalue weighted by Gasteiger charge is 2.30. The summed E-state index contributed by atoms with van der Waals surface area (Å²) in [5.41, 5.74) is 19.0. The van der Waals surface area contributed by atoms with Gasteiger partial charge in [0.15, 0.2) is 5.82 Å². The maximum absolute atomic E-state index is 5.33. The van der Waals surface area contributed by atoms with Gasteiger partial charge in [-0.25, -0.2) is 9.97 Å². The first-order chi connectivity index (χ1) is 28.7. The molecule has 0 saturated carbocycles. The molecule has 0 amide bonds. The minimum absolute atomic E-state index is 0.347. The Balaban J connectivity index is 1.01. The van der Waals surface area contributed by atoms with Crippen molar-refractivity contribution in [2.45, 2.75) is 25.2 Å². The summed E-state index contributed by atoms with van der Waals surface area (Å²) in [6.45, 7) is 0. The molecule has 3 nitrogen and oxygen atoms in total. The zero-order valence-corrected chi connectivity index (χ0v) is 32.0. The second-order valence-corrected chi connectivity index (χ2v) is 15.5. The van der Waals surface area contributed by atoms with Crippen LogP contribution in [0.2, 0.25) is 0 Å². The Hall–Kier alpha value is -7.23. The summed E-state index contributed by atoms with van der Waals surface area (Å²) in [6, 6.07) is 56.9. The lowest BCUT2D eigenvalue weighted by atomic mass is 9.71. The van der Waals surface area contributed by atoms with E-state index >= 15 is 0 Å². The van der Waals surface area contributed by atoms with Crippen molar-refractivity contribution in [1.29, 1.82) is 0 Å². The molecule has 2 aromatic heterocycles. The third-order valence-corrected chi connectivity index (χ3v) is 12.0. The van der Waals surface area contributed by atoms with Gasteiger partial charge in [-0.3, -0.25) is 4.98 Å². The SMILES string of the molecule is C1=C(c2cccc(-c3nc(C4=CCCC(c5cccnc5)=C4)cc(-c4cccc(-c5ccc6ccccc6c5)c4)n3)c2)C=C2c3ccccc3-c3ccccc3C2C1. The van der Waals surface area contributed by atoms with E-state index in [1.54, 1.807) is 0 Å². The smallest absolute Gasteiger partial charge is 0.160 e. The quantitative estimate of drug-likeness (QED) is 0.170. The number of benzene rings is 6. The molecule has 8 aromatic rings.